The van der Waals surface area contributed by atoms with Crippen molar-refractivity contribution < 1.29 is 44.0 Å². The molecule has 0 aliphatic rings. The van der Waals surface area contributed by atoms with Gasteiger partial charge in [-0.2, -0.15) is 0 Å². The predicted octanol–water partition coefficient (Wildman–Crippen LogP) is 3.58. The van der Waals surface area contributed by atoms with Crippen LogP contribution in [0.5, 0.6) is 11.5 Å². The molecule has 0 fully saturated rings. The summed E-state index contributed by atoms with van der Waals surface area (Å²) < 4.78 is 91.2. The van der Waals surface area contributed by atoms with Gasteiger partial charge in [0.15, 0.2) is 0 Å². The minimum Gasteiger partial charge on any atom is -0.418 e. The van der Waals surface area contributed by atoms with E-state index in [0.717, 1.165) is 11.5 Å². The van der Waals surface area contributed by atoms with E-state index in [1.807, 2.05) is 18.2 Å². The second-order valence-corrected chi connectivity index (χ2v) is 10.8. The monoisotopic (exact) mass is 548 g/mol. The fourth-order valence-corrected chi connectivity index (χ4v) is 7.37. The number of benzene rings is 2. The average Bonchev–Trinajstić information content (AvgIpc) is 2.58. The molecule has 0 amide bonds. The summed E-state index contributed by atoms with van der Waals surface area (Å²) in [7, 11) is -8.60. The van der Waals surface area contributed by atoms with Crippen LogP contribution in [-0.4, -0.2) is 55.0 Å². The number of rotatable bonds is 5. The summed E-state index contributed by atoms with van der Waals surface area (Å²) >= 11 is 1.00. The molecule has 14 heteroatoms. The van der Waals surface area contributed by atoms with Crippen molar-refractivity contribution in [2.24, 2.45) is 0 Å². The first-order valence-corrected chi connectivity index (χ1v) is 13.2. The molecule has 2 aromatic rings. The van der Waals surface area contributed by atoms with E-state index in [-0.39, 0.29) is 0 Å². The van der Waals surface area contributed by atoms with Gasteiger partial charge in [-0.25, -0.2) is 0 Å². The van der Waals surface area contributed by atoms with Crippen LogP contribution in [0, 0.1) is 0 Å². The number of methoxy groups -OCH3 is 2. The molecule has 2 rings (SSSR count). The van der Waals surface area contributed by atoms with Gasteiger partial charge in [0, 0.05) is 0 Å². The van der Waals surface area contributed by atoms with Crippen LogP contribution in [0.4, 0.5) is 34.5 Å². The van der Waals surface area contributed by atoms with Crippen molar-refractivity contribution in [3.63, 3.8) is 0 Å². The van der Waals surface area contributed by atoms with Gasteiger partial charge in [-0.05, 0) is 0 Å². The minimum absolute atomic E-state index is 0.496. The summed E-state index contributed by atoms with van der Waals surface area (Å²) in [4.78, 5) is 0. The minimum atomic E-state index is -6.00. The van der Waals surface area contributed by atoms with Crippen molar-refractivity contribution in [2.45, 2.75) is 0 Å². The Morgan fingerprint density at radius 2 is 1.04 bits per heavy atom. The van der Waals surface area contributed by atoms with Gasteiger partial charge in [-0.3, -0.25) is 0 Å². The molecule has 2 nitrogen and oxygen atoms in total. The molecular formula is C14H14B2F8O2Se2-2. The maximum atomic E-state index is 9.75. The Labute approximate surface area is 168 Å². The molecule has 28 heavy (non-hydrogen) atoms. The van der Waals surface area contributed by atoms with E-state index in [4.69, 9.17) is 9.47 Å². The SMILES string of the molecule is COc1ccc([Se][Se]c2cccc(OC)c2)cc1.F[B-](F)(F)F.F[B-](F)(F)F. The molecule has 0 saturated heterocycles. The van der Waals surface area contributed by atoms with Crippen LogP contribution in [0.1, 0.15) is 0 Å². The van der Waals surface area contributed by atoms with Gasteiger partial charge in [0.2, 0.25) is 0 Å². The molecule has 0 aliphatic heterocycles. The molecule has 0 bridgehead atoms. The molecule has 0 radical (unpaired) electrons. The van der Waals surface area contributed by atoms with Gasteiger partial charge in [0.1, 0.15) is 0 Å². The number of hydrogen-bond acceptors (Lipinski definition) is 2. The van der Waals surface area contributed by atoms with Crippen LogP contribution >= 0.6 is 0 Å². The van der Waals surface area contributed by atoms with Crippen LogP contribution in [-0.2, 0) is 0 Å². The maximum Gasteiger partial charge on any atom is 0.673 e. The molecule has 0 N–H and O–H groups in total. The Kier molecular flexibility index (Phi) is 12.4. The molecule has 0 aromatic heterocycles. The first-order valence-electron chi connectivity index (χ1n) is 7.19. The molecule has 0 spiro atoms. The zero-order valence-corrected chi connectivity index (χ0v) is 17.9. The Balaban J connectivity index is 0.000000607. The van der Waals surface area contributed by atoms with E-state index in [1.165, 1.54) is 8.92 Å². The van der Waals surface area contributed by atoms with Gasteiger partial charge >= 0.3 is 133 Å². The zero-order chi connectivity index (χ0) is 21.8. The first-order chi connectivity index (χ1) is 12.8. The van der Waals surface area contributed by atoms with Crippen molar-refractivity contribution in [3.8, 4) is 11.5 Å². The number of ether oxygens (including phenoxy) is 2. The smallest absolute Gasteiger partial charge is 0.418 e. The van der Waals surface area contributed by atoms with Crippen molar-refractivity contribution in [1.29, 1.82) is 0 Å². The maximum absolute atomic E-state index is 9.75. The second-order valence-electron chi connectivity index (χ2n) is 4.51. The normalized spacial score (nSPS) is 10.8. The molecule has 158 valence electrons. The fourth-order valence-electron chi connectivity index (χ4n) is 1.38. The Bertz CT molecular complexity index is 660. The van der Waals surface area contributed by atoms with Crippen molar-refractivity contribution in [1.82, 2.24) is 0 Å². The summed E-state index contributed by atoms with van der Waals surface area (Å²) in [6, 6.07) is 16.7. The standard InChI is InChI=1S/C14H14O2Se2.2BF4/c1-15-11-6-8-13(9-7-11)17-18-14-5-3-4-12(10-14)16-2;2*2-1(3,4)5/h3-10H,1-2H3;;/q;2*-1. The van der Waals surface area contributed by atoms with Crippen LogP contribution < -0.4 is 18.4 Å². The molecular weight excluding hydrogens is 532 g/mol. The van der Waals surface area contributed by atoms with Crippen LogP contribution in [0.3, 0.4) is 0 Å². The predicted molar refractivity (Wildman–Crippen MR) is 97.1 cm³/mol. The van der Waals surface area contributed by atoms with Gasteiger partial charge in [0.25, 0.3) is 0 Å². The van der Waals surface area contributed by atoms with Crippen molar-refractivity contribution in [2.75, 3.05) is 14.2 Å². The summed E-state index contributed by atoms with van der Waals surface area (Å²) in [5.41, 5.74) is 0. The fraction of sp³-hybridized carbons (Fsp3) is 0.143. The van der Waals surface area contributed by atoms with Crippen molar-refractivity contribution >= 4 is 49.7 Å². The third kappa shape index (κ3) is 18.0. The molecule has 0 saturated carbocycles. The molecule has 0 unspecified atom stereocenters. The molecule has 0 aliphatic carbocycles. The van der Waals surface area contributed by atoms with E-state index in [9.17, 15) is 34.5 Å². The Hall–Kier alpha value is -1.35. The van der Waals surface area contributed by atoms with Crippen LogP contribution in [0.25, 0.3) is 0 Å². The van der Waals surface area contributed by atoms with Gasteiger partial charge < -0.3 is 34.5 Å². The van der Waals surface area contributed by atoms with E-state index < -0.39 is 14.5 Å². The Morgan fingerprint density at radius 1 is 0.607 bits per heavy atom. The molecule has 2 aromatic carbocycles. The number of halogens is 8. The Morgan fingerprint density at radius 3 is 1.46 bits per heavy atom. The summed E-state index contributed by atoms with van der Waals surface area (Å²) in [5.74, 6) is 1.86. The van der Waals surface area contributed by atoms with Gasteiger partial charge in [-0.1, -0.05) is 0 Å². The average molecular weight is 546 g/mol. The third-order valence-electron chi connectivity index (χ3n) is 2.33. The largest absolute Gasteiger partial charge is 0.673 e. The third-order valence-corrected chi connectivity index (χ3v) is 9.53. The van der Waals surface area contributed by atoms with Crippen LogP contribution in [0.15, 0.2) is 48.5 Å². The number of hydrogen-bond donors (Lipinski definition) is 0. The molecule has 0 atom stereocenters. The first kappa shape index (κ1) is 26.6. The van der Waals surface area contributed by atoms with Gasteiger partial charge in [-0.15, -0.1) is 0 Å². The van der Waals surface area contributed by atoms with E-state index in [2.05, 4.69) is 30.3 Å². The summed E-state index contributed by atoms with van der Waals surface area (Å²) in [6.45, 7) is 0. The summed E-state index contributed by atoms with van der Waals surface area (Å²) in [5, 5.41) is 0. The topological polar surface area (TPSA) is 18.5 Å². The zero-order valence-electron chi connectivity index (χ0n) is 14.4. The van der Waals surface area contributed by atoms with E-state index >= 15 is 0 Å². The van der Waals surface area contributed by atoms with Gasteiger partial charge in [0.05, 0.1) is 0 Å². The molecule has 0 heterocycles. The quantitative estimate of drug-likeness (QED) is 0.423. The summed E-state index contributed by atoms with van der Waals surface area (Å²) in [6.07, 6.45) is 0. The van der Waals surface area contributed by atoms with E-state index in [0.29, 0.717) is 26.3 Å². The van der Waals surface area contributed by atoms with Crippen LogP contribution in [0.2, 0.25) is 0 Å². The second kappa shape index (κ2) is 13.0. The van der Waals surface area contributed by atoms with Crippen molar-refractivity contribution in [3.05, 3.63) is 48.5 Å². The van der Waals surface area contributed by atoms with E-state index in [1.54, 1.807) is 14.2 Å².